The Kier molecular flexibility index (Phi) is 5.11. The van der Waals surface area contributed by atoms with Crippen molar-refractivity contribution < 1.29 is 14.7 Å². The molecular weight excluding hydrogens is 276 g/mol. The summed E-state index contributed by atoms with van der Waals surface area (Å²) in [6, 6.07) is 0. The van der Waals surface area contributed by atoms with Crippen LogP contribution in [0.2, 0.25) is 0 Å². The largest absolute Gasteiger partial charge is 0.481 e. The second-order valence-electron chi connectivity index (χ2n) is 5.29. The molecule has 1 fully saturated rings. The van der Waals surface area contributed by atoms with Gasteiger partial charge in [0.1, 0.15) is 0 Å². The number of carbonyl (C=O) groups is 2. The van der Waals surface area contributed by atoms with E-state index in [1.54, 1.807) is 11.3 Å². The summed E-state index contributed by atoms with van der Waals surface area (Å²) in [6.07, 6.45) is 3.16. The highest BCUT2D eigenvalue weighted by Gasteiger charge is 2.23. The molecule has 0 aromatic carbocycles. The molecule has 6 heteroatoms. The molecule has 1 aliphatic rings. The molecule has 0 radical (unpaired) electrons. The molecule has 2 heterocycles. The molecule has 110 valence electrons. The van der Waals surface area contributed by atoms with Gasteiger partial charge in [-0.15, -0.1) is 11.3 Å². The van der Waals surface area contributed by atoms with Gasteiger partial charge in [-0.2, -0.15) is 0 Å². The molecule has 0 spiro atoms. The van der Waals surface area contributed by atoms with Crippen LogP contribution in [0.4, 0.5) is 0 Å². The van der Waals surface area contributed by atoms with Gasteiger partial charge >= 0.3 is 5.97 Å². The minimum atomic E-state index is -0.734. The van der Waals surface area contributed by atoms with E-state index in [1.165, 1.54) is 0 Å². The van der Waals surface area contributed by atoms with Gasteiger partial charge in [0.2, 0.25) is 5.91 Å². The van der Waals surface area contributed by atoms with Crippen LogP contribution in [0.1, 0.15) is 36.4 Å². The second-order valence-corrected chi connectivity index (χ2v) is 6.35. The molecule has 1 amide bonds. The molecule has 0 unspecified atom stereocenters. The molecular formula is C14H20N2O3S. The lowest BCUT2D eigenvalue weighted by atomic mass is 9.92. The van der Waals surface area contributed by atoms with E-state index in [-0.39, 0.29) is 12.3 Å². The lowest BCUT2D eigenvalue weighted by Crippen LogP contribution is -2.39. The number of thiazole rings is 1. The van der Waals surface area contributed by atoms with Gasteiger partial charge in [0.05, 0.1) is 17.1 Å². The third-order valence-corrected chi connectivity index (χ3v) is 4.55. The Morgan fingerprint density at radius 2 is 2.15 bits per heavy atom. The molecule has 0 bridgehead atoms. The summed E-state index contributed by atoms with van der Waals surface area (Å²) in [5.41, 5.74) is 0.852. The molecule has 20 heavy (non-hydrogen) atoms. The van der Waals surface area contributed by atoms with Gasteiger partial charge in [-0.1, -0.05) is 0 Å². The van der Waals surface area contributed by atoms with Crippen molar-refractivity contribution in [3.8, 4) is 0 Å². The monoisotopic (exact) mass is 296 g/mol. The standard InChI is InChI=1S/C14H20N2O3S/c1-10-15-12(9-20-10)8-13(17)16-6-4-11(5-7-16)2-3-14(18)19/h9,11H,2-8H2,1H3,(H,18,19). The Labute approximate surface area is 122 Å². The highest BCUT2D eigenvalue weighted by molar-refractivity contribution is 7.09. The number of amides is 1. The topological polar surface area (TPSA) is 70.5 Å². The minimum absolute atomic E-state index is 0.131. The van der Waals surface area contributed by atoms with Crippen molar-refractivity contribution >= 4 is 23.2 Å². The predicted molar refractivity (Wildman–Crippen MR) is 76.7 cm³/mol. The van der Waals surface area contributed by atoms with Crippen molar-refractivity contribution in [2.24, 2.45) is 5.92 Å². The smallest absolute Gasteiger partial charge is 0.303 e. The van der Waals surface area contributed by atoms with Gasteiger partial charge in [-0.3, -0.25) is 9.59 Å². The van der Waals surface area contributed by atoms with Crippen molar-refractivity contribution in [3.05, 3.63) is 16.1 Å². The number of carboxylic acids is 1. The average Bonchev–Trinajstić information content (AvgIpc) is 2.82. The van der Waals surface area contributed by atoms with Gasteiger partial charge in [-0.05, 0) is 32.1 Å². The highest BCUT2D eigenvalue weighted by atomic mass is 32.1. The van der Waals surface area contributed by atoms with Crippen molar-refractivity contribution in [1.82, 2.24) is 9.88 Å². The summed E-state index contributed by atoms with van der Waals surface area (Å²) in [6.45, 7) is 3.42. The number of aromatic nitrogens is 1. The third kappa shape index (κ3) is 4.30. The number of hydrogen-bond donors (Lipinski definition) is 1. The number of aryl methyl sites for hydroxylation is 1. The summed E-state index contributed by atoms with van der Waals surface area (Å²) in [7, 11) is 0. The van der Waals surface area contributed by atoms with Crippen LogP contribution < -0.4 is 0 Å². The quantitative estimate of drug-likeness (QED) is 0.903. The number of aliphatic carboxylic acids is 1. The van der Waals surface area contributed by atoms with Gasteiger partial charge in [0, 0.05) is 24.9 Å². The number of likely N-dealkylation sites (tertiary alicyclic amines) is 1. The van der Waals surface area contributed by atoms with Gasteiger partial charge < -0.3 is 10.0 Å². The fraction of sp³-hybridized carbons (Fsp3) is 0.643. The van der Waals surface area contributed by atoms with Crippen molar-refractivity contribution in [1.29, 1.82) is 0 Å². The number of rotatable bonds is 5. The number of carbonyl (C=O) groups excluding carboxylic acids is 1. The molecule has 5 nitrogen and oxygen atoms in total. The first-order valence-corrected chi connectivity index (χ1v) is 7.83. The fourth-order valence-corrected chi connectivity index (χ4v) is 3.17. The molecule has 1 aromatic rings. The first-order valence-electron chi connectivity index (χ1n) is 6.95. The van der Waals surface area contributed by atoms with Gasteiger partial charge in [-0.25, -0.2) is 4.98 Å². The van der Waals surface area contributed by atoms with E-state index in [0.29, 0.717) is 12.3 Å². The third-order valence-electron chi connectivity index (χ3n) is 3.73. The van der Waals surface area contributed by atoms with Gasteiger partial charge in [0.25, 0.3) is 0 Å². The van der Waals surface area contributed by atoms with Crippen molar-refractivity contribution in [3.63, 3.8) is 0 Å². The minimum Gasteiger partial charge on any atom is -0.481 e. The van der Waals surface area contributed by atoms with Crippen LogP contribution in [0, 0.1) is 12.8 Å². The molecule has 1 aliphatic heterocycles. The summed E-state index contributed by atoms with van der Waals surface area (Å²) < 4.78 is 0. The van der Waals surface area contributed by atoms with E-state index < -0.39 is 5.97 Å². The highest BCUT2D eigenvalue weighted by Crippen LogP contribution is 2.22. The Morgan fingerprint density at radius 1 is 1.45 bits per heavy atom. The van der Waals surface area contributed by atoms with Crippen LogP contribution in [0.5, 0.6) is 0 Å². The van der Waals surface area contributed by atoms with Crippen LogP contribution in [0.15, 0.2) is 5.38 Å². The molecule has 2 rings (SSSR count). The average molecular weight is 296 g/mol. The first kappa shape index (κ1) is 15.0. The Hall–Kier alpha value is -1.43. The van der Waals surface area contributed by atoms with Crippen LogP contribution in [0.3, 0.4) is 0 Å². The summed E-state index contributed by atoms with van der Waals surface area (Å²) in [5, 5.41) is 11.6. The summed E-state index contributed by atoms with van der Waals surface area (Å²) in [4.78, 5) is 28.9. The maximum absolute atomic E-state index is 12.1. The maximum atomic E-state index is 12.1. The van der Waals surface area contributed by atoms with Crippen molar-refractivity contribution in [2.45, 2.75) is 39.0 Å². The van der Waals surface area contributed by atoms with Crippen LogP contribution in [0.25, 0.3) is 0 Å². The normalized spacial score (nSPS) is 16.4. The Balaban J connectivity index is 1.75. The fourth-order valence-electron chi connectivity index (χ4n) is 2.55. The predicted octanol–water partition coefficient (Wildman–Crippen LogP) is 2.10. The number of hydrogen-bond acceptors (Lipinski definition) is 4. The SMILES string of the molecule is Cc1nc(CC(=O)N2CCC(CCC(=O)O)CC2)cs1. The van der Waals surface area contributed by atoms with Crippen LogP contribution in [-0.2, 0) is 16.0 Å². The van der Waals surface area contributed by atoms with E-state index in [9.17, 15) is 9.59 Å². The molecule has 0 saturated carbocycles. The van der Waals surface area contributed by atoms with E-state index >= 15 is 0 Å². The van der Waals surface area contributed by atoms with E-state index in [4.69, 9.17) is 5.11 Å². The van der Waals surface area contributed by atoms with E-state index in [1.807, 2.05) is 17.2 Å². The number of piperidine rings is 1. The zero-order valence-electron chi connectivity index (χ0n) is 11.7. The molecule has 1 aromatic heterocycles. The molecule has 1 N–H and O–H groups in total. The first-order chi connectivity index (χ1) is 9.54. The lowest BCUT2D eigenvalue weighted by molar-refractivity contribution is -0.138. The zero-order valence-corrected chi connectivity index (χ0v) is 12.5. The molecule has 1 saturated heterocycles. The van der Waals surface area contributed by atoms with Crippen LogP contribution in [-0.4, -0.2) is 40.0 Å². The van der Waals surface area contributed by atoms with Crippen LogP contribution >= 0.6 is 11.3 Å². The van der Waals surface area contributed by atoms with Gasteiger partial charge in [0.15, 0.2) is 0 Å². The molecule has 0 aliphatic carbocycles. The summed E-state index contributed by atoms with van der Waals surface area (Å²) in [5.74, 6) is -0.161. The number of carboxylic acid groups (broad SMARTS) is 1. The Bertz CT molecular complexity index is 479. The van der Waals surface area contributed by atoms with E-state index in [0.717, 1.165) is 43.1 Å². The summed E-state index contributed by atoms with van der Waals surface area (Å²) >= 11 is 1.57. The van der Waals surface area contributed by atoms with E-state index in [2.05, 4.69) is 4.98 Å². The zero-order chi connectivity index (χ0) is 14.5. The van der Waals surface area contributed by atoms with Crippen molar-refractivity contribution in [2.75, 3.05) is 13.1 Å². The number of nitrogens with zero attached hydrogens (tertiary/aromatic N) is 2. The lowest BCUT2D eigenvalue weighted by Gasteiger charge is -2.31. The second kappa shape index (κ2) is 6.83. The maximum Gasteiger partial charge on any atom is 0.303 e. The Morgan fingerprint density at radius 3 is 2.70 bits per heavy atom. The molecule has 0 atom stereocenters.